The summed E-state index contributed by atoms with van der Waals surface area (Å²) in [6, 6.07) is 5.67. The second-order valence-corrected chi connectivity index (χ2v) is 4.39. The summed E-state index contributed by atoms with van der Waals surface area (Å²) < 4.78 is 39.8. The maximum atomic E-state index is 13.5. The van der Waals surface area contributed by atoms with Crippen molar-refractivity contribution < 1.29 is 18.0 Å². The molecular formula is C14H12F3N3O. The molecule has 0 aliphatic rings. The number of anilines is 2. The van der Waals surface area contributed by atoms with E-state index >= 15 is 0 Å². The number of nitrogen functional groups attached to an aromatic ring is 1. The molecule has 0 heterocycles. The first-order chi connectivity index (χ1) is 9.92. The van der Waals surface area contributed by atoms with E-state index in [0.717, 1.165) is 5.56 Å². The molecule has 0 saturated heterocycles. The molecule has 0 aliphatic carbocycles. The first kappa shape index (κ1) is 14.9. The predicted octanol–water partition coefficient (Wildman–Crippen LogP) is 2.95. The van der Waals surface area contributed by atoms with Gasteiger partial charge >= 0.3 is 0 Å². The van der Waals surface area contributed by atoms with Crippen LogP contribution in [0, 0.1) is 24.4 Å². The Labute approximate surface area is 118 Å². The van der Waals surface area contributed by atoms with Gasteiger partial charge in [0.05, 0.1) is 11.3 Å². The van der Waals surface area contributed by atoms with Crippen molar-refractivity contribution in [2.45, 2.75) is 6.92 Å². The molecule has 0 atom stereocenters. The van der Waals surface area contributed by atoms with Crippen molar-refractivity contribution in [1.29, 1.82) is 0 Å². The number of aryl methyl sites for hydroxylation is 1. The highest BCUT2D eigenvalue weighted by molar-refractivity contribution is 6.08. The third-order valence-electron chi connectivity index (χ3n) is 2.82. The molecule has 4 nitrogen and oxygen atoms in total. The van der Waals surface area contributed by atoms with Crippen LogP contribution in [-0.2, 0) is 0 Å². The minimum Gasteiger partial charge on any atom is -0.323 e. The maximum Gasteiger partial charge on any atom is 0.257 e. The number of hydrogen-bond acceptors (Lipinski definition) is 3. The van der Waals surface area contributed by atoms with E-state index in [4.69, 9.17) is 5.84 Å². The number of carbonyl (C=O) groups is 1. The average Bonchev–Trinajstić information content (AvgIpc) is 2.42. The number of halogens is 3. The number of benzene rings is 2. The summed E-state index contributed by atoms with van der Waals surface area (Å²) in [6.07, 6.45) is 0. The first-order valence-corrected chi connectivity index (χ1v) is 5.95. The Hall–Kier alpha value is -2.54. The smallest absolute Gasteiger partial charge is 0.257 e. The van der Waals surface area contributed by atoms with Crippen molar-refractivity contribution in [3.8, 4) is 0 Å². The summed E-state index contributed by atoms with van der Waals surface area (Å²) in [4.78, 5) is 12.1. The van der Waals surface area contributed by atoms with Gasteiger partial charge in [-0.3, -0.25) is 10.6 Å². The monoisotopic (exact) mass is 295 g/mol. The molecule has 2 rings (SSSR count). The normalized spacial score (nSPS) is 10.3. The van der Waals surface area contributed by atoms with Gasteiger partial charge in [0.25, 0.3) is 5.91 Å². The fraction of sp³-hybridized carbons (Fsp3) is 0.0714. The fourth-order valence-corrected chi connectivity index (χ4v) is 1.82. The number of nitrogens with two attached hydrogens (primary N) is 1. The van der Waals surface area contributed by atoms with E-state index in [1.807, 2.05) is 0 Å². The van der Waals surface area contributed by atoms with E-state index in [9.17, 15) is 18.0 Å². The largest absolute Gasteiger partial charge is 0.323 e. The highest BCUT2D eigenvalue weighted by Gasteiger charge is 2.17. The van der Waals surface area contributed by atoms with Crippen molar-refractivity contribution in [3.05, 3.63) is 58.9 Å². The molecule has 2 aromatic rings. The molecule has 1 amide bonds. The second kappa shape index (κ2) is 5.84. The molecule has 0 saturated carbocycles. The molecule has 2 aromatic carbocycles. The minimum absolute atomic E-state index is 0.103. The van der Waals surface area contributed by atoms with Gasteiger partial charge in [-0.2, -0.15) is 0 Å². The number of hydrogen-bond donors (Lipinski definition) is 3. The van der Waals surface area contributed by atoms with Crippen LogP contribution in [0.1, 0.15) is 15.9 Å². The van der Waals surface area contributed by atoms with Crippen LogP contribution in [-0.4, -0.2) is 5.91 Å². The van der Waals surface area contributed by atoms with Crippen LogP contribution in [0.3, 0.4) is 0 Å². The molecule has 21 heavy (non-hydrogen) atoms. The lowest BCUT2D eigenvalue weighted by Gasteiger charge is -2.11. The molecule has 0 aliphatic heterocycles. The molecule has 0 bridgehead atoms. The Morgan fingerprint density at radius 2 is 1.71 bits per heavy atom. The van der Waals surface area contributed by atoms with E-state index in [0.29, 0.717) is 17.8 Å². The van der Waals surface area contributed by atoms with Crippen LogP contribution < -0.4 is 16.6 Å². The highest BCUT2D eigenvalue weighted by Crippen LogP contribution is 2.23. The van der Waals surface area contributed by atoms with Crippen LogP contribution in [0.4, 0.5) is 24.5 Å². The lowest BCUT2D eigenvalue weighted by molar-refractivity contribution is 0.102. The molecule has 4 N–H and O–H groups in total. The van der Waals surface area contributed by atoms with E-state index in [1.54, 1.807) is 19.1 Å². The Kier molecular flexibility index (Phi) is 4.13. The zero-order valence-corrected chi connectivity index (χ0v) is 11.0. The van der Waals surface area contributed by atoms with Gasteiger partial charge < -0.3 is 10.7 Å². The quantitative estimate of drug-likeness (QED) is 0.602. The standard InChI is InChI=1S/C14H12F3N3O/c1-7-2-3-9(12(4-7)20-18)14(21)19-13-10(16)5-8(15)6-11(13)17/h2-6,20H,18H2,1H3,(H,19,21). The molecule has 0 fully saturated rings. The molecule has 110 valence electrons. The predicted molar refractivity (Wildman–Crippen MR) is 73.3 cm³/mol. The zero-order valence-electron chi connectivity index (χ0n) is 11.0. The average molecular weight is 295 g/mol. The molecule has 0 radical (unpaired) electrons. The number of hydrazine groups is 1. The third kappa shape index (κ3) is 3.14. The summed E-state index contributed by atoms with van der Waals surface area (Å²) in [5, 5.41) is 2.07. The summed E-state index contributed by atoms with van der Waals surface area (Å²) >= 11 is 0. The molecule has 0 unspecified atom stereocenters. The van der Waals surface area contributed by atoms with Gasteiger partial charge in [-0.15, -0.1) is 0 Å². The number of nitrogens with one attached hydrogen (secondary N) is 2. The van der Waals surface area contributed by atoms with Crippen molar-refractivity contribution in [3.63, 3.8) is 0 Å². The van der Waals surface area contributed by atoms with E-state index in [1.165, 1.54) is 6.07 Å². The highest BCUT2D eigenvalue weighted by atomic mass is 19.1. The lowest BCUT2D eigenvalue weighted by atomic mass is 10.1. The molecule has 7 heteroatoms. The fourth-order valence-electron chi connectivity index (χ4n) is 1.82. The van der Waals surface area contributed by atoms with Gasteiger partial charge in [-0.05, 0) is 24.6 Å². The van der Waals surface area contributed by atoms with Crippen LogP contribution in [0.25, 0.3) is 0 Å². The summed E-state index contributed by atoms with van der Waals surface area (Å²) in [6.45, 7) is 1.79. The Bertz CT molecular complexity index is 681. The topological polar surface area (TPSA) is 67.2 Å². The second-order valence-electron chi connectivity index (χ2n) is 4.39. The number of amides is 1. The van der Waals surface area contributed by atoms with Crippen molar-refractivity contribution >= 4 is 17.3 Å². The van der Waals surface area contributed by atoms with Gasteiger partial charge in [-0.1, -0.05) is 6.07 Å². The minimum atomic E-state index is -1.20. The van der Waals surface area contributed by atoms with Gasteiger partial charge in [0.15, 0.2) is 11.6 Å². The third-order valence-corrected chi connectivity index (χ3v) is 2.82. The van der Waals surface area contributed by atoms with Gasteiger partial charge in [0, 0.05) is 12.1 Å². The Morgan fingerprint density at radius 3 is 2.29 bits per heavy atom. The summed E-state index contributed by atoms with van der Waals surface area (Å²) in [5.41, 5.74) is 2.87. The maximum absolute atomic E-state index is 13.5. The van der Waals surface area contributed by atoms with E-state index < -0.39 is 29.0 Å². The van der Waals surface area contributed by atoms with Crippen molar-refractivity contribution in [2.24, 2.45) is 5.84 Å². The van der Waals surface area contributed by atoms with Gasteiger partial charge in [0.1, 0.15) is 11.5 Å². The van der Waals surface area contributed by atoms with Crippen LogP contribution >= 0.6 is 0 Å². The SMILES string of the molecule is Cc1ccc(C(=O)Nc2c(F)cc(F)cc2F)c(NN)c1. The van der Waals surface area contributed by atoms with Crippen LogP contribution in [0.2, 0.25) is 0 Å². The molecular weight excluding hydrogens is 283 g/mol. The Morgan fingerprint density at radius 1 is 1.10 bits per heavy atom. The molecule has 0 spiro atoms. The summed E-state index contributed by atoms with van der Waals surface area (Å²) in [7, 11) is 0. The van der Waals surface area contributed by atoms with Crippen LogP contribution in [0.5, 0.6) is 0 Å². The summed E-state index contributed by atoms with van der Waals surface area (Å²) in [5.74, 6) is 1.07. The molecule has 0 aromatic heterocycles. The van der Waals surface area contributed by atoms with Crippen LogP contribution in [0.15, 0.2) is 30.3 Å². The number of rotatable bonds is 3. The Balaban J connectivity index is 2.35. The van der Waals surface area contributed by atoms with E-state index in [2.05, 4.69) is 10.7 Å². The van der Waals surface area contributed by atoms with E-state index in [-0.39, 0.29) is 5.56 Å². The first-order valence-electron chi connectivity index (χ1n) is 5.95. The number of carbonyl (C=O) groups excluding carboxylic acids is 1. The van der Waals surface area contributed by atoms with Crippen molar-refractivity contribution in [1.82, 2.24) is 0 Å². The van der Waals surface area contributed by atoms with Gasteiger partial charge in [-0.25, -0.2) is 13.2 Å². The van der Waals surface area contributed by atoms with Crippen molar-refractivity contribution in [2.75, 3.05) is 10.7 Å². The zero-order chi connectivity index (χ0) is 15.6. The lowest BCUT2D eigenvalue weighted by Crippen LogP contribution is -2.18. The van der Waals surface area contributed by atoms with Gasteiger partial charge in [0.2, 0.25) is 0 Å².